The van der Waals surface area contributed by atoms with Crippen molar-refractivity contribution in [1.29, 1.82) is 0 Å². The summed E-state index contributed by atoms with van der Waals surface area (Å²) >= 11 is 1.49. The highest BCUT2D eigenvalue weighted by Gasteiger charge is 2.07. The first kappa shape index (κ1) is 14.1. The molecule has 0 aliphatic heterocycles. The van der Waals surface area contributed by atoms with E-state index >= 15 is 0 Å². The van der Waals surface area contributed by atoms with E-state index in [9.17, 15) is 4.79 Å². The van der Waals surface area contributed by atoms with Gasteiger partial charge in [-0.25, -0.2) is 4.98 Å². The third-order valence-electron chi connectivity index (χ3n) is 2.24. The van der Waals surface area contributed by atoms with Crippen LogP contribution in [0.25, 0.3) is 0 Å². The number of amides is 1. The van der Waals surface area contributed by atoms with Crippen LogP contribution < -0.4 is 5.32 Å². The lowest BCUT2D eigenvalue weighted by molar-refractivity contribution is 0.0936. The average Bonchev–Trinajstić information content (AvgIpc) is 2.74. The number of ether oxygens (including phenoxy) is 1. The molecule has 0 aliphatic rings. The molecule has 17 heavy (non-hydrogen) atoms. The maximum atomic E-state index is 11.6. The number of unbranched alkanes of at least 4 members (excludes halogenated alkanes) is 1. The molecule has 1 aromatic heterocycles. The van der Waals surface area contributed by atoms with Gasteiger partial charge in [-0.15, -0.1) is 11.3 Å². The minimum Gasteiger partial charge on any atom is -0.381 e. The number of hydrogen-bond donors (Lipinski definition) is 1. The smallest absolute Gasteiger partial charge is 0.270 e. The summed E-state index contributed by atoms with van der Waals surface area (Å²) in [5.74, 6) is -0.0945. The molecule has 0 bridgehead atoms. The molecule has 4 nitrogen and oxygen atoms in total. The van der Waals surface area contributed by atoms with Crippen LogP contribution in [-0.4, -0.2) is 30.6 Å². The Balaban J connectivity index is 2.05. The molecule has 1 rings (SSSR count). The molecule has 0 atom stereocenters. The second-order valence-corrected chi connectivity index (χ2v) is 4.89. The zero-order chi connectivity index (χ0) is 12.5. The standard InChI is InChI=1S/C12H20N2O2S/c1-3-4-7-16-8-5-6-13-12(15)11-9-17-10(2)14-11/h9H,3-8H2,1-2H3,(H,13,15). The van der Waals surface area contributed by atoms with Gasteiger partial charge in [-0.2, -0.15) is 0 Å². The van der Waals surface area contributed by atoms with Crippen LogP contribution in [0.4, 0.5) is 0 Å². The van der Waals surface area contributed by atoms with Gasteiger partial charge >= 0.3 is 0 Å². The SMILES string of the molecule is CCCCOCCCNC(=O)c1csc(C)n1. The monoisotopic (exact) mass is 256 g/mol. The van der Waals surface area contributed by atoms with Crippen LogP contribution in [0.5, 0.6) is 0 Å². The third-order valence-corrected chi connectivity index (χ3v) is 3.02. The Morgan fingerprint density at radius 1 is 1.47 bits per heavy atom. The average molecular weight is 256 g/mol. The summed E-state index contributed by atoms with van der Waals surface area (Å²) in [5.41, 5.74) is 0.513. The minimum absolute atomic E-state index is 0.0945. The quantitative estimate of drug-likeness (QED) is 0.727. The van der Waals surface area contributed by atoms with Gasteiger partial charge in [-0.1, -0.05) is 13.3 Å². The van der Waals surface area contributed by atoms with Crippen molar-refractivity contribution in [3.8, 4) is 0 Å². The van der Waals surface area contributed by atoms with E-state index in [4.69, 9.17) is 4.74 Å². The second-order valence-electron chi connectivity index (χ2n) is 3.83. The van der Waals surface area contributed by atoms with E-state index in [2.05, 4.69) is 17.2 Å². The second kappa shape index (κ2) is 8.20. The molecule has 1 heterocycles. The summed E-state index contributed by atoms with van der Waals surface area (Å²) < 4.78 is 5.40. The van der Waals surface area contributed by atoms with Crippen molar-refractivity contribution in [1.82, 2.24) is 10.3 Å². The van der Waals surface area contributed by atoms with E-state index in [0.29, 0.717) is 18.8 Å². The van der Waals surface area contributed by atoms with E-state index in [-0.39, 0.29) is 5.91 Å². The highest BCUT2D eigenvalue weighted by Crippen LogP contribution is 2.07. The van der Waals surface area contributed by atoms with E-state index in [1.165, 1.54) is 11.3 Å². The molecule has 96 valence electrons. The molecule has 0 radical (unpaired) electrons. The Kier molecular flexibility index (Phi) is 6.81. The number of aromatic nitrogens is 1. The number of nitrogens with zero attached hydrogens (tertiary/aromatic N) is 1. The molecule has 1 N–H and O–H groups in total. The summed E-state index contributed by atoms with van der Waals surface area (Å²) in [6.07, 6.45) is 3.10. The van der Waals surface area contributed by atoms with Crippen molar-refractivity contribution < 1.29 is 9.53 Å². The molecule has 1 aromatic rings. The van der Waals surface area contributed by atoms with Gasteiger partial charge in [0.05, 0.1) is 5.01 Å². The summed E-state index contributed by atoms with van der Waals surface area (Å²) in [6, 6.07) is 0. The number of aryl methyl sites for hydroxylation is 1. The van der Waals surface area contributed by atoms with Crippen molar-refractivity contribution in [2.45, 2.75) is 33.1 Å². The van der Waals surface area contributed by atoms with E-state index in [1.807, 2.05) is 6.92 Å². The molecular formula is C12H20N2O2S. The van der Waals surface area contributed by atoms with Gasteiger partial charge < -0.3 is 10.1 Å². The van der Waals surface area contributed by atoms with Gasteiger partial charge in [-0.3, -0.25) is 4.79 Å². The first-order valence-electron chi connectivity index (χ1n) is 6.02. The Morgan fingerprint density at radius 3 is 2.88 bits per heavy atom. The summed E-state index contributed by atoms with van der Waals surface area (Å²) in [4.78, 5) is 15.7. The van der Waals surface area contributed by atoms with Gasteiger partial charge in [0.25, 0.3) is 5.91 Å². The topological polar surface area (TPSA) is 51.2 Å². The Bertz CT molecular complexity index is 339. The highest BCUT2D eigenvalue weighted by atomic mass is 32.1. The first-order chi connectivity index (χ1) is 8.24. The number of rotatable bonds is 8. The zero-order valence-electron chi connectivity index (χ0n) is 10.5. The van der Waals surface area contributed by atoms with Gasteiger partial charge in [0.15, 0.2) is 0 Å². The predicted octanol–water partition coefficient (Wildman–Crippen LogP) is 2.39. The largest absolute Gasteiger partial charge is 0.381 e. The number of carbonyl (C=O) groups is 1. The Labute approximate surface area is 106 Å². The maximum absolute atomic E-state index is 11.6. The molecule has 0 saturated heterocycles. The minimum atomic E-state index is -0.0945. The van der Waals surface area contributed by atoms with Crippen LogP contribution in [0.1, 0.15) is 41.7 Å². The van der Waals surface area contributed by atoms with Crippen molar-refractivity contribution >= 4 is 17.2 Å². The van der Waals surface area contributed by atoms with Crippen molar-refractivity contribution in [3.63, 3.8) is 0 Å². The van der Waals surface area contributed by atoms with Gasteiger partial charge in [0.2, 0.25) is 0 Å². The molecule has 1 amide bonds. The number of thiazole rings is 1. The molecule has 5 heteroatoms. The molecule has 0 fully saturated rings. The van der Waals surface area contributed by atoms with Crippen molar-refractivity contribution in [2.24, 2.45) is 0 Å². The fraction of sp³-hybridized carbons (Fsp3) is 0.667. The predicted molar refractivity (Wildman–Crippen MR) is 69.5 cm³/mol. The lowest BCUT2D eigenvalue weighted by Crippen LogP contribution is -2.25. The van der Waals surface area contributed by atoms with Gasteiger partial charge in [-0.05, 0) is 19.8 Å². The normalized spacial score (nSPS) is 10.5. The van der Waals surface area contributed by atoms with Crippen molar-refractivity contribution in [3.05, 3.63) is 16.1 Å². The fourth-order valence-corrected chi connectivity index (χ4v) is 1.88. The van der Waals surface area contributed by atoms with Crippen LogP contribution in [0, 0.1) is 6.92 Å². The lowest BCUT2D eigenvalue weighted by Gasteiger charge is -2.04. The lowest BCUT2D eigenvalue weighted by atomic mass is 10.3. The zero-order valence-corrected chi connectivity index (χ0v) is 11.3. The maximum Gasteiger partial charge on any atom is 0.270 e. The fourth-order valence-electron chi connectivity index (χ4n) is 1.28. The van der Waals surface area contributed by atoms with Crippen LogP contribution >= 0.6 is 11.3 Å². The molecule has 0 unspecified atom stereocenters. The van der Waals surface area contributed by atoms with Crippen LogP contribution in [0.2, 0.25) is 0 Å². The molecule has 0 aromatic carbocycles. The molecular weight excluding hydrogens is 236 g/mol. The van der Waals surface area contributed by atoms with Crippen molar-refractivity contribution in [2.75, 3.05) is 19.8 Å². The third kappa shape index (κ3) is 5.79. The number of hydrogen-bond acceptors (Lipinski definition) is 4. The molecule has 0 aliphatic carbocycles. The summed E-state index contributed by atoms with van der Waals surface area (Å²) in [6.45, 7) is 6.19. The summed E-state index contributed by atoms with van der Waals surface area (Å²) in [7, 11) is 0. The van der Waals surface area contributed by atoms with Crippen LogP contribution in [0.15, 0.2) is 5.38 Å². The van der Waals surface area contributed by atoms with E-state index in [0.717, 1.165) is 30.9 Å². The number of carbonyl (C=O) groups excluding carboxylic acids is 1. The Morgan fingerprint density at radius 2 is 2.24 bits per heavy atom. The first-order valence-corrected chi connectivity index (χ1v) is 6.90. The Hall–Kier alpha value is -0.940. The van der Waals surface area contributed by atoms with Crippen LogP contribution in [0.3, 0.4) is 0 Å². The van der Waals surface area contributed by atoms with E-state index in [1.54, 1.807) is 5.38 Å². The highest BCUT2D eigenvalue weighted by molar-refractivity contribution is 7.09. The number of nitrogens with one attached hydrogen (secondary N) is 1. The van der Waals surface area contributed by atoms with Gasteiger partial charge in [0.1, 0.15) is 5.69 Å². The van der Waals surface area contributed by atoms with Crippen LogP contribution in [-0.2, 0) is 4.74 Å². The molecule has 0 saturated carbocycles. The van der Waals surface area contributed by atoms with E-state index < -0.39 is 0 Å². The van der Waals surface area contributed by atoms with Gasteiger partial charge in [0, 0.05) is 25.1 Å². The summed E-state index contributed by atoms with van der Waals surface area (Å²) in [5, 5.41) is 5.52. The molecule has 0 spiro atoms.